The molecule has 0 aliphatic carbocycles. The molecule has 14 rings (SSSR count). The predicted molar refractivity (Wildman–Crippen MR) is 281 cm³/mol. The molecule has 0 fully saturated rings. The summed E-state index contributed by atoms with van der Waals surface area (Å²) in [5, 5.41) is 6.51. The number of aromatic nitrogens is 4. The minimum Gasteiger partial charge on any atom is -0.456 e. The molecule has 0 amide bonds. The van der Waals surface area contributed by atoms with Crippen molar-refractivity contribution in [2.24, 2.45) is 0 Å². The number of para-hydroxylation sites is 2. The van der Waals surface area contributed by atoms with Gasteiger partial charge in [-0.2, -0.15) is 0 Å². The van der Waals surface area contributed by atoms with Gasteiger partial charge in [0.1, 0.15) is 22.3 Å². The van der Waals surface area contributed by atoms with E-state index in [4.69, 9.17) is 23.8 Å². The van der Waals surface area contributed by atoms with E-state index < -0.39 is 0 Å². The van der Waals surface area contributed by atoms with E-state index >= 15 is 0 Å². The Morgan fingerprint density at radius 1 is 0.275 bits per heavy atom. The van der Waals surface area contributed by atoms with Crippen LogP contribution >= 0.6 is 0 Å². The smallest absolute Gasteiger partial charge is 0.164 e. The van der Waals surface area contributed by atoms with Crippen LogP contribution in [0, 0.1) is 0 Å². The fourth-order valence-electron chi connectivity index (χ4n) is 10.1. The molecule has 4 heterocycles. The lowest BCUT2D eigenvalue weighted by molar-refractivity contribution is 0.668. The van der Waals surface area contributed by atoms with Crippen molar-refractivity contribution in [3.63, 3.8) is 0 Å². The molecule has 0 radical (unpaired) electrons. The Morgan fingerprint density at radius 3 is 1.54 bits per heavy atom. The first-order chi connectivity index (χ1) is 34.2. The van der Waals surface area contributed by atoms with Crippen molar-refractivity contribution in [3.8, 4) is 73.2 Å². The lowest BCUT2D eigenvalue weighted by Crippen LogP contribution is -2.00. The summed E-state index contributed by atoms with van der Waals surface area (Å²) in [6.07, 6.45) is 0. The summed E-state index contributed by atoms with van der Waals surface area (Å²) in [7, 11) is 0. The van der Waals surface area contributed by atoms with E-state index in [-0.39, 0.29) is 0 Å². The quantitative estimate of drug-likeness (QED) is 0.159. The molecule has 0 saturated heterocycles. The molecule has 6 nitrogen and oxygen atoms in total. The van der Waals surface area contributed by atoms with E-state index in [1.165, 1.54) is 27.4 Å². The van der Waals surface area contributed by atoms with Gasteiger partial charge in [0, 0.05) is 54.7 Å². The molecule has 0 N–H and O–H groups in total. The molecule has 322 valence electrons. The van der Waals surface area contributed by atoms with Gasteiger partial charge in [-0.15, -0.1) is 0 Å². The molecule has 4 aromatic heterocycles. The Morgan fingerprint density at radius 2 is 0.797 bits per heavy atom. The third kappa shape index (κ3) is 6.53. The molecule has 0 atom stereocenters. The van der Waals surface area contributed by atoms with E-state index in [0.29, 0.717) is 17.5 Å². The Kier molecular flexibility index (Phi) is 8.79. The first-order valence-corrected chi connectivity index (χ1v) is 23.2. The summed E-state index contributed by atoms with van der Waals surface area (Å²) >= 11 is 0. The fourth-order valence-corrected chi connectivity index (χ4v) is 10.1. The monoisotopic (exact) mass is 882 g/mol. The standard InChI is InChI=1S/C63H38N4O2/c1-4-13-39(14-5-1)44-29-33-56-52(36-44)49-31-27-46(38-59(49)69-56)62-64-61(42-15-6-2-7-16-42)65-63(66-62)50-20-12-22-58-60(50)53-37-45(30-34-57(53)68-58)41-25-23-40(24-26-41)43-28-32-55-51(35-43)48-19-10-11-21-54(48)67(55)47-17-8-3-9-18-47/h1-38H. The molecule has 0 unspecified atom stereocenters. The Balaban J connectivity index is 0.847. The second-order valence-corrected chi connectivity index (χ2v) is 17.6. The van der Waals surface area contributed by atoms with E-state index in [9.17, 15) is 0 Å². The summed E-state index contributed by atoms with van der Waals surface area (Å²) in [6.45, 7) is 0. The molecule has 0 aliphatic rings. The molecule has 69 heavy (non-hydrogen) atoms. The van der Waals surface area contributed by atoms with Gasteiger partial charge in [-0.3, -0.25) is 0 Å². The molecule has 6 heteroatoms. The van der Waals surface area contributed by atoms with Crippen molar-refractivity contribution < 1.29 is 8.83 Å². The van der Waals surface area contributed by atoms with Crippen LogP contribution in [0.4, 0.5) is 0 Å². The summed E-state index contributed by atoms with van der Waals surface area (Å²) < 4.78 is 15.4. The molecule has 0 spiro atoms. The highest BCUT2D eigenvalue weighted by atomic mass is 16.3. The van der Waals surface area contributed by atoms with Gasteiger partial charge >= 0.3 is 0 Å². The SMILES string of the molecule is c1ccc(-c2ccc3oc4cc(-c5nc(-c6ccccc6)nc(-c6cccc7oc8ccc(-c9ccc(-c%10ccc%11c(c%10)c%10ccccc%10n%11-c%10ccccc%10)cc9)cc8c67)n5)ccc4c3c2)cc1. The molecule has 0 aliphatic heterocycles. The molecule has 14 aromatic rings. The molecular weight excluding hydrogens is 845 g/mol. The van der Waals surface area contributed by atoms with Crippen LogP contribution in [0.25, 0.3) is 139 Å². The average molecular weight is 883 g/mol. The first-order valence-electron chi connectivity index (χ1n) is 23.2. The molecule has 0 bridgehead atoms. The van der Waals surface area contributed by atoms with Crippen molar-refractivity contribution >= 4 is 65.7 Å². The summed E-state index contributed by atoms with van der Waals surface area (Å²) in [5.74, 6) is 1.69. The maximum Gasteiger partial charge on any atom is 0.164 e. The van der Waals surface area contributed by atoms with Gasteiger partial charge in [0.15, 0.2) is 17.5 Å². The van der Waals surface area contributed by atoms with Crippen LogP contribution in [0.5, 0.6) is 0 Å². The minimum absolute atomic E-state index is 0.554. The van der Waals surface area contributed by atoms with E-state index in [1.54, 1.807) is 0 Å². The van der Waals surface area contributed by atoms with E-state index in [2.05, 4.69) is 180 Å². The zero-order valence-corrected chi connectivity index (χ0v) is 37.0. The van der Waals surface area contributed by atoms with E-state index in [1.807, 2.05) is 54.6 Å². The largest absolute Gasteiger partial charge is 0.456 e. The Labute approximate surface area is 396 Å². The Hall–Kier alpha value is -9.39. The van der Waals surface area contributed by atoms with E-state index in [0.717, 1.165) is 94.1 Å². The number of benzene rings is 10. The van der Waals surface area contributed by atoms with Crippen LogP contribution in [0.1, 0.15) is 0 Å². The van der Waals surface area contributed by atoms with Crippen LogP contribution < -0.4 is 0 Å². The molecule has 0 saturated carbocycles. The van der Waals surface area contributed by atoms with Crippen molar-refractivity contribution in [2.75, 3.05) is 0 Å². The second kappa shape index (κ2) is 15.6. The normalized spacial score (nSPS) is 11.8. The third-order valence-electron chi connectivity index (χ3n) is 13.5. The highest BCUT2D eigenvalue weighted by Crippen LogP contribution is 2.41. The van der Waals surface area contributed by atoms with Gasteiger partial charge in [0.2, 0.25) is 0 Å². The molecular formula is C63H38N4O2. The topological polar surface area (TPSA) is 69.9 Å². The summed E-state index contributed by atoms with van der Waals surface area (Å²) in [4.78, 5) is 15.4. The van der Waals surface area contributed by atoms with Crippen LogP contribution in [-0.2, 0) is 0 Å². The number of hydrogen-bond acceptors (Lipinski definition) is 5. The lowest BCUT2D eigenvalue weighted by Gasteiger charge is -2.10. The maximum absolute atomic E-state index is 6.54. The zero-order chi connectivity index (χ0) is 45.4. The van der Waals surface area contributed by atoms with Gasteiger partial charge in [-0.25, -0.2) is 15.0 Å². The van der Waals surface area contributed by atoms with Gasteiger partial charge in [0.25, 0.3) is 0 Å². The Bertz CT molecular complexity index is 4290. The summed E-state index contributed by atoms with van der Waals surface area (Å²) in [5.41, 5.74) is 16.1. The van der Waals surface area contributed by atoms with Gasteiger partial charge in [-0.05, 0) is 106 Å². The fraction of sp³-hybridized carbons (Fsp3) is 0. The van der Waals surface area contributed by atoms with Gasteiger partial charge in [-0.1, -0.05) is 158 Å². The van der Waals surface area contributed by atoms with Crippen LogP contribution in [0.3, 0.4) is 0 Å². The third-order valence-corrected chi connectivity index (χ3v) is 13.5. The van der Waals surface area contributed by atoms with Crippen LogP contribution in [-0.4, -0.2) is 19.5 Å². The second-order valence-electron chi connectivity index (χ2n) is 17.6. The van der Waals surface area contributed by atoms with Gasteiger partial charge in [0.05, 0.1) is 11.0 Å². The van der Waals surface area contributed by atoms with Crippen LogP contribution in [0.15, 0.2) is 239 Å². The average Bonchev–Trinajstić information content (AvgIpc) is 4.10. The van der Waals surface area contributed by atoms with Crippen molar-refractivity contribution in [3.05, 3.63) is 231 Å². The molecule has 10 aromatic carbocycles. The zero-order valence-electron chi connectivity index (χ0n) is 37.0. The van der Waals surface area contributed by atoms with Gasteiger partial charge < -0.3 is 13.4 Å². The van der Waals surface area contributed by atoms with Crippen LogP contribution in [0.2, 0.25) is 0 Å². The summed E-state index contributed by atoms with van der Waals surface area (Å²) in [6, 6.07) is 80.5. The highest BCUT2D eigenvalue weighted by molar-refractivity contribution is 6.13. The number of nitrogens with zero attached hydrogens (tertiary/aromatic N) is 4. The first kappa shape index (κ1) is 38.8. The minimum atomic E-state index is 0.554. The lowest BCUT2D eigenvalue weighted by atomic mass is 9.97. The van der Waals surface area contributed by atoms with Crippen molar-refractivity contribution in [1.82, 2.24) is 19.5 Å². The number of furan rings is 2. The number of hydrogen-bond donors (Lipinski definition) is 0. The maximum atomic E-state index is 6.54. The number of fused-ring (bicyclic) bond motifs is 9. The number of rotatable bonds is 7. The van der Waals surface area contributed by atoms with Crippen molar-refractivity contribution in [2.45, 2.75) is 0 Å². The van der Waals surface area contributed by atoms with Crippen molar-refractivity contribution in [1.29, 1.82) is 0 Å². The highest BCUT2D eigenvalue weighted by Gasteiger charge is 2.20. The predicted octanol–water partition coefficient (Wildman–Crippen LogP) is 16.8.